The molecule has 0 aromatic heterocycles. The second-order valence-corrected chi connectivity index (χ2v) is 4.27. The second-order valence-electron chi connectivity index (χ2n) is 4.27. The minimum Gasteiger partial charge on any atom is -0.497 e. The van der Waals surface area contributed by atoms with Crippen LogP contribution in [0.5, 0.6) is 5.75 Å². The highest BCUT2D eigenvalue weighted by Crippen LogP contribution is 2.13. The van der Waals surface area contributed by atoms with E-state index >= 15 is 0 Å². The van der Waals surface area contributed by atoms with Crippen LogP contribution in [0.3, 0.4) is 0 Å². The van der Waals surface area contributed by atoms with Gasteiger partial charge < -0.3 is 15.2 Å². The average molecular weight is 251 g/mol. The number of carboxylic acid groups (broad SMARTS) is 1. The Morgan fingerprint density at radius 1 is 1.33 bits per heavy atom. The first kappa shape index (κ1) is 14.0. The van der Waals surface area contributed by atoms with Crippen molar-refractivity contribution >= 4 is 11.9 Å². The van der Waals surface area contributed by atoms with Gasteiger partial charge >= 0.3 is 5.97 Å². The number of carbonyl (C=O) groups is 2. The van der Waals surface area contributed by atoms with Crippen LogP contribution in [0, 0.1) is 5.92 Å². The van der Waals surface area contributed by atoms with E-state index < -0.39 is 17.9 Å². The zero-order valence-corrected chi connectivity index (χ0v) is 10.6. The van der Waals surface area contributed by atoms with Gasteiger partial charge in [-0.3, -0.25) is 4.79 Å². The topological polar surface area (TPSA) is 75.6 Å². The van der Waals surface area contributed by atoms with Crippen LogP contribution in [0.15, 0.2) is 24.3 Å². The SMILES string of the molecule is COc1cccc(C(=O)NC(C(=O)O)C(C)C)c1. The Morgan fingerprint density at radius 2 is 2.00 bits per heavy atom. The summed E-state index contributed by atoms with van der Waals surface area (Å²) in [6.07, 6.45) is 0. The van der Waals surface area contributed by atoms with Crippen LogP contribution in [0.2, 0.25) is 0 Å². The van der Waals surface area contributed by atoms with Gasteiger partial charge in [0.15, 0.2) is 0 Å². The van der Waals surface area contributed by atoms with E-state index in [2.05, 4.69) is 5.32 Å². The summed E-state index contributed by atoms with van der Waals surface area (Å²) in [5.41, 5.74) is 0.376. The molecule has 0 heterocycles. The Balaban J connectivity index is 2.83. The highest BCUT2D eigenvalue weighted by molar-refractivity contribution is 5.96. The number of carbonyl (C=O) groups excluding carboxylic acids is 1. The smallest absolute Gasteiger partial charge is 0.326 e. The number of hydrogen-bond acceptors (Lipinski definition) is 3. The summed E-state index contributed by atoms with van der Waals surface area (Å²) < 4.78 is 5.01. The molecule has 0 saturated carbocycles. The fourth-order valence-electron chi connectivity index (χ4n) is 1.50. The van der Waals surface area contributed by atoms with Gasteiger partial charge in [-0.05, 0) is 24.1 Å². The molecular formula is C13H17NO4. The molecule has 0 aliphatic carbocycles. The number of hydrogen-bond donors (Lipinski definition) is 2. The number of aliphatic carboxylic acids is 1. The number of rotatable bonds is 5. The molecule has 0 aliphatic heterocycles. The standard InChI is InChI=1S/C13H17NO4/c1-8(2)11(13(16)17)14-12(15)9-5-4-6-10(7-9)18-3/h4-8,11H,1-3H3,(H,14,15)(H,16,17). The molecule has 1 unspecified atom stereocenters. The van der Waals surface area contributed by atoms with Crippen LogP contribution in [0.4, 0.5) is 0 Å². The normalized spacial score (nSPS) is 12.0. The van der Waals surface area contributed by atoms with E-state index in [1.54, 1.807) is 38.1 Å². The summed E-state index contributed by atoms with van der Waals surface area (Å²) in [7, 11) is 1.51. The average Bonchev–Trinajstić information content (AvgIpc) is 2.34. The monoisotopic (exact) mass is 251 g/mol. The molecule has 0 saturated heterocycles. The fraction of sp³-hybridized carbons (Fsp3) is 0.385. The highest BCUT2D eigenvalue weighted by atomic mass is 16.5. The first-order valence-corrected chi connectivity index (χ1v) is 5.63. The fourth-order valence-corrected chi connectivity index (χ4v) is 1.50. The lowest BCUT2D eigenvalue weighted by atomic mass is 10.0. The zero-order valence-electron chi connectivity index (χ0n) is 10.6. The van der Waals surface area contributed by atoms with E-state index in [0.29, 0.717) is 11.3 Å². The van der Waals surface area contributed by atoms with E-state index in [9.17, 15) is 9.59 Å². The highest BCUT2D eigenvalue weighted by Gasteiger charge is 2.23. The number of ether oxygens (including phenoxy) is 1. The molecule has 0 radical (unpaired) electrons. The van der Waals surface area contributed by atoms with Crippen LogP contribution in [0.1, 0.15) is 24.2 Å². The molecule has 2 N–H and O–H groups in total. The Labute approximate surface area is 106 Å². The molecule has 5 heteroatoms. The molecule has 0 bridgehead atoms. The first-order chi connectivity index (χ1) is 8.45. The van der Waals surface area contributed by atoms with Crippen molar-refractivity contribution in [3.8, 4) is 5.75 Å². The zero-order chi connectivity index (χ0) is 13.7. The lowest BCUT2D eigenvalue weighted by Crippen LogP contribution is -2.44. The Kier molecular flexibility index (Phi) is 4.71. The maximum atomic E-state index is 11.9. The van der Waals surface area contributed by atoms with Crippen molar-refractivity contribution < 1.29 is 19.4 Å². The van der Waals surface area contributed by atoms with Gasteiger partial charge in [-0.2, -0.15) is 0 Å². The van der Waals surface area contributed by atoms with Crippen molar-refractivity contribution in [3.63, 3.8) is 0 Å². The largest absolute Gasteiger partial charge is 0.497 e. The number of benzene rings is 1. The van der Waals surface area contributed by atoms with Crippen LogP contribution in [-0.4, -0.2) is 30.1 Å². The van der Waals surface area contributed by atoms with Crippen LogP contribution < -0.4 is 10.1 Å². The number of methoxy groups -OCH3 is 1. The third kappa shape index (κ3) is 3.48. The summed E-state index contributed by atoms with van der Waals surface area (Å²) in [5.74, 6) is -1.09. The van der Waals surface area contributed by atoms with Crippen LogP contribution in [-0.2, 0) is 4.79 Å². The van der Waals surface area contributed by atoms with Crippen molar-refractivity contribution in [1.82, 2.24) is 5.32 Å². The number of nitrogens with one attached hydrogen (secondary N) is 1. The summed E-state index contributed by atoms with van der Waals surface area (Å²) in [4.78, 5) is 22.9. The minimum absolute atomic E-state index is 0.183. The molecule has 1 aromatic carbocycles. The van der Waals surface area contributed by atoms with Gasteiger partial charge in [0.2, 0.25) is 0 Å². The van der Waals surface area contributed by atoms with Crippen LogP contribution >= 0.6 is 0 Å². The molecule has 1 rings (SSSR count). The van der Waals surface area contributed by atoms with Gasteiger partial charge in [-0.1, -0.05) is 19.9 Å². The number of carboxylic acids is 1. The van der Waals surface area contributed by atoms with Crippen LogP contribution in [0.25, 0.3) is 0 Å². The quantitative estimate of drug-likeness (QED) is 0.832. The lowest BCUT2D eigenvalue weighted by molar-refractivity contribution is -0.140. The molecule has 18 heavy (non-hydrogen) atoms. The second kappa shape index (κ2) is 6.05. The molecule has 5 nitrogen and oxygen atoms in total. The van der Waals surface area contributed by atoms with Crippen molar-refractivity contribution in [2.45, 2.75) is 19.9 Å². The molecule has 1 amide bonds. The van der Waals surface area contributed by atoms with Gasteiger partial charge in [0.05, 0.1) is 7.11 Å². The first-order valence-electron chi connectivity index (χ1n) is 5.63. The molecule has 1 aromatic rings. The molecule has 98 valence electrons. The molecule has 0 aliphatic rings. The predicted octanol–water partition coefficient (Wildman–Crippen LogP) is 1.53. The molecule has 0 fully saturated rings. The molecule has 1 atom stereocenters. The van der Waals surface area contributed by atoms with E-state index in [1.807, 2.05) is 0 Å². The predicted molar refractivity (Wildman–Crippen MR) is 66.7 cm³/mol. The third-order valence-electron chi connectivity index (χ3n) is 2.55. The van der Waals surface area contributed by atoms with Gasteiger partial charge in [-0.25, -0.2) is 4.79 Å². The van der Waals surface area contributed by atoms with Gasteiger partial charge in [-0.15, -0.1) is 0 Å². The van der Waals surface area contributed by atoms with Crippen molar-refractivity contribution in [2.24, 2.45) is 5.92 Å². The number of amides is 1. The lowest BCUT2D eigenvalue weighted by Gasteiger charge is -2.18. The maximum absolute atomic E-state index is 11.9. The van der Waals surface area contributed by atoms with E-state index in [-0.39, 0.29) is 5.92 Å². The molecule has 0 spiro atoms. The summed E-state index contributed by atoms with van der Waals surface area (Å²) in [6, 6.07) is 5.67. The van der Waals surface area contributed by atoms with Crippen molar-refractivity contribution in [2.75, 3.05) is 7.11 Å². The van der Waals surface area contributed by atoms with E-state index in [4.69, 9.17) is 9.84 Å². The summed E-state index contributed by atoms with van der Waals surface area (Å²) in [5, 5.41) is 11.5. The van der Waals surface area contributed by atoms with Crippen molar-refractivity contribution in [1.29, 1.82) is 0 Å². The summed E-state index contributed by atoms with van der Waals surface area (Å²) in [6.45, 7) is 3.48. The van der Waals surface area contributed by atoms with E-state index in [1.165, 1.54) is 7.11 Å². The van der Waals surface area contributed by atoms with E-state index in [0.717, 1.165) is 0 Å². The Hall–Kier alpha value is -2.04. The maximum Gasteiger partial charge on any atom is 0.326 e. The molecular weight excluding hydrogens is 234 g/mol. The van der Waals surface area contributed by atoms with Crippen molar-refractivity contribution in [3.05, 3.63) is 29.8 Å². The van der Waals surface area contributed by atoms with Gasteiger partial charge in [0.1, 0.15) is 11.8 Å². The Bertz CT molecular complexity index is 442. The third-order valence-corrected chi connectivity index (χ3v) is 2.55. The Morgan fingerprint density at radius 3 is 2.50 bits per heavy atom. The minimum atomic E-state index is -1.04. The summed E-state index contributed by atoms with van der Waals surface area (Å²) >= 11 is 0. The van der Waals surface area contributed by atoms with Gasteiger partial charge in [0, 0.05) is 5.56 Å². The van der Waals surface area contributed by atoms with Gasteiger partial charge in [0.25, 0.3) is 5.91 Å².